The highest BCUT2D eigenvalue weighted by Gasteiger charge is 2.35. The minimum atomic E-state index is -4.54. The molecule has 0 bridgehead atoms. The number of allylic oxidation sites excluding steroid dienone is 1. The molecule has 58 heavy (non-hydrogen) atoms. The lowest BCUT2D eigenvalue weighted by Gasteiger charge is -2.34. The number of anilines is 1. The fourth-order valence-corrected chi connectivity index (χ4v) is 9.50. The first-order valence-corrected chi connectivity index (χ1v) is 21.6. The van der Waals surface area contributed by atoms with Gasteiger partial charge in [0.25, 0.3) is 21.6 Å². The van der Waals surface area contributed by atoms with E-state index in [0.717, 1.165) is 79.8 Å². The second-order valence-corrected chi connectivity index (χ2v) is 17.4. The Bertz CT molecular complexity index is 2490. The molecule has 9 rings (SSSR count). The van der Waals surface area contributed by atoms with Gasteiger partial charge < -0.3 is 19.8 Å². The summed E-state index contributed by atoms with van der Waals surface area (Å²) in [6.45, 7) is 2.80. The molecule has 3 N–H and O–H groups in total. The molecule has 15 nitrogen and oxygen atoms in total. The van der Waals surface area contributed by atoms with Gasteiger partial charge in [-0.15, -0.1) is 0 Å². The van der Waals surface area contributed by atoms with Crippen LogP contribution >= 0.6 is 0 Å². The van der Waals surface area contributed by atoms with Gasteiger partial charge in [0, 0.05) is 49.6 Å². The zero-order chi connectivity index (χ0) is 39.8. The van der Waals surface area contributed by atoms with Gasteiger partial charge in [-0.3, -0.25) is 24.5 Å². The van der Waals surface area contributed by atoms with Crippen molar-refractivity contribution >= 4 is 43.9 Å². The molecule has 2 aliphatic carbocycles. The summed E-state index contributed by atoms with van der Waals surface area (Å²) in [4.78, 5) is 35.0. The molecule has 3 aromatic heterocycles. The number of aromatic amines is 1. The Morgan fingerprint density at radius 1 is 1.02 bits per heavy atom. The Morgan fingerprint density at radius 2 is 1.88 bits per heavy atom. The van der Waals surface area contributed by atoms with E-state index in [0.29, 0.717) is 49.3 Å². The smallest absolute Gasteiger partial charge is 0.293 e. The highest BCUT2D eigenvalue weighted by atomic mass is 32.2. The summed E-state index contributed by atoms with van der Waals surface area (Å²) in [5, 5.41) is 20.9. The maximum Gasteiger partial charge on any atom is 0.293 e. The highest BCUT2D eigenvalue weighted by molar-refractivity contribution is 7.90. The SMILES string of the molecule is O=C(NS(=O)(=O)c1ccc(NCC2CCOCC2)c([N+](=O)[O-])c1)c1ccc(C2=CCC(N3CCCC3c3ccn(C4CC4)n3)CC2)cc1Oc1cnc2[nH]ccc2c1. The summed E-state index contributed by atoms with van der Waals surface area (Å²) in [7, 11) is -4.54. The topological polar surface area (TPSA) is 187 Å². The number of nitrogens with zero attached hydrogens (tertiary/aromatic N) is 5. The van der Waals surface area contributed by atoms with Gasteiger partial charge in [0.1, 0.15) is 22.8 Å². The number of nitrogens with one attached hydrogen (secondary N) is 3. The van der Waals surface area contributed by atoms with Gasteiger partial charge >= 0.3 is 0 Å². The van der Waals surface area contributed by atoms with E-state index in [-0.39, 0.29) is 22.9 Å². The van der Waals surface area contributed by atoms with Gasteiger partial charge in [0.2, 0.25) is 0 Å². The van der Waals surface area contributed by atoms with E-state index in [4.69, 9.17) is 14.6 Å². The lowest BCUT2D eigenvalue weighted by atomic mass is 9.89. The van der Waals surface area contributed by atoms with E-state index in [1.807, 2.05) is 6.07 Å². The Labute approximate surface area is 336 Å². The third kappa shape index (κ3) is 8.08. The molecule has 2 atom stereocenters. The van der Waals surface area contributed by atoms with E-state index in [1.165, 1.54) is 31.2 Å². The average molecular weight is 807 g/mol. The van der Waals surface area contributed by atoms with Gasteiger partial charge in [-0.25, -0.2) is 18.1 Å². The van der Waals surface area contributed by atoms with E-state index >= 15 is 0 Å². The fraction of sp³-hybridized carbons (Fsp3) is 0.405. The van der Waals surface area contributed by atoms with Crippen molar-refractivity contribution in [2.75, 3.05) is 31.6 Å². The first-order valence-electron chi connectivity index (χ1n) is 20.1. The number of rotatable bonds is 13. The van der Waals surface area contributed by atoms with Gasteiger partial charge in [0.05, 0.1) is 39.4 Å². The number of hydrogen-bond acceptors (Lipinski definition) is 11. The molecule has 5 aromatic rings. The summed E-state index contributed by atoms with van der Waals surface area (Å²) in [5.74, 6) is -0.151. The standard InChI is InChI=1S/C42H46N8O7S/c51-42(47-58(54,55)34-10-12-36(39(24-34)50(52)53)44-25-27-15-20-56-21-16-27)35-11-5-29(23-40(35)57-33-22-30-13-17-43-41(30)45-26-33)28-3-6-31(7-4-28)48-18-1-2-38(48)37-14-19-49(46-37)32-8-9-32/h3,5,10-14,17,19,22-24,26-27,31-32,38,44H,1-2,4,6-9,15-16,18,20-21,25H2,(H,43,45)(H,47,51). The van der Waals surface area contributed by atoms with Gasteiger partial charge in [-0.1, -0.05) is 12.1 Å². The van der Waals surface area contributed by atoms with Crippen molar-refractivity contribution in [1.82, 2.24) is 29.4 Å². The molecular weight excluding hydrogens is 761 g/mol. The Hall–Kier alpha value is -5.58. The van der Waals surface area contributed by atoms with Gasteiger partial charge in [-0.2, -0.15) is 5.10 Å². The van der Waals surface area contributed by atoms with Crippen LogP contribution in [0.15, 0.2) is 84.2 Å². The number of fused-ring (bicyclic) bond motifs is 1. The number of pyridine rings is 1. The number of aromatic nitrogens is 4. The van der Waals surface area contributed by atoms with E-state index in [1.54, 1.807) is 30.5 Å². The van der Waals surface area contributed by atoms with Crippen LogP contribution in [0.25, 0.3) is 16.6 Å². The molecule has 2 saturated heterocycles. The van der Waals surface area contributed by atoms with Crippen molar-refractivity contribution < 1.29 is 27.6 Å². The summed E-state index contributed by atoms with van der Waals surface area (Å²) in [5.41, 5.74) is 3.59. The van der Waals surface area contributed by atoms with Crippen LogP contribution in [0.4, 0.5) is 11.4 Å². The number of sulfonamides is 1. The van der Waals surface area contributed by atoms with Crippen LogP contribution in [0, 0.1) is 16.0 Å². The zero-order valence-electron chi connectivity index (χ0n) is 32.0. The molecule has 5 heterocycles. The van der Waals surface area contributed by atoms with Crippen LogP contribution in [0.5, 0.6) is 11.5 Å². The molecule has 1 amide bonds. The Morgan fingerprint density at radius 3 is 2.67 bits per heavy atom. The molecule has 2 unspecified atom stereocenters. The molecule has 302 valence electrons. The molecule has 4 aliphatic rings. The maximum absolute atomic E-state index is 13.9. The van der Waals surface area contributed by atoms with Crippen molar-refractivity contribution in [3.8, 4) is 11.5 Å². The number of hydrogen-bond donors (Lipinski definition) is 3. The quantitative estimate of drug-likeness (QED) is 0.0789. The number of carbonyl (C=O) groups excluding carboxylic acids is 1. The number of nitro groups is 1. The van der Waals surface area contributed by atoms with Crippen LogP contribution in [-0.4, -0.2) is 76.2 Å². The molecule has 2 aromatic carbocycles. The molecule has 0 radical (unpaired) electrons. The van der Waals surface area contributed by atoms with Crippen LogP contribution in [0.1, 0.15) is 91.5 Å². The normalized spacial score (nSPS) is 20.5. The lowest BCUT2D eigenvalue weighted by Crippen LogP contribution is -2.36. The third-order valence-corrected chi connectivity index (χ3v) is 13.2. The summed E-state index contributed by atoms with van der Waals surface area (Å²) in [6.07, 6.45) is 16.7. The summed E-state index contributed by atoms with van der Waals surface area (Å²) >= 11 is 0. The monoisotopic (exact) mass is 806 g/mol. The first kappa shape index (κ1) is 38.0. The summed E-state index contributed by atoms with van der Waals surface area (Å²) < 4.78 is 43.2. The fourth-order valence-electron chi connectivity index (χ4n) is 8.52. The third-order valence-electron chi connectivity index (χ3n) is 11.9. The second kappa shape index (κ2) is 16.0. The van der Waals surface area contributed by atoms with Crippen molar-refractivity contribution in [2.24, 2.45) is 5.92 Å². The van der Waals surface area contributed by atoms with Crippen molar-refractivity contribution in [1.29, 1.82) is 0 Å². The minimum Gasteiger partial charge on any atom is -0.455 e. The Kier molecular flexibility index (Phi) is 10.5. The minimum absolute atomic E-state index is 0.0226. The summed E-state index contributed by atoms with van der Waals surface area (Å²) in [6, 6.07) is 15.8. The molecule has 2 aliphatic heterocycles. The number of H-pyrrole nitrogens is 1. The van der Waals surface area contributed by atoms with Crippen LogP contribution < -0.4 is 14.8 Å². The predicted octanol–water partition coefficient (Wildman–Crippen LogP) is 7.53. The van der Waals surface area contributed by atoms with Crippen LogP contribution in [0.3, 0.4) is 0 Å². The van der Waals surface area contributed by atoms with Gasteiger partial charge in [0.15, 0.2) is 0 Å². The molecule has 3 fully saturated rings. The molecule has 0 spiro atoms. The number of amides is 1. The largest absolute Gasteiger partial charge is 0.455 e. The van der Waals surface area contributed by atoms with E-state index < -0.39 is 31.4 Å². The molecular formula is C42H46N8O7S. The predicted molar refractivity (Wildman–Crippen MR) is 217 cm³/mol. The second-order valence-electron chi connectivity index (χ2n) is 15.7. The molecule has 16 heteroatoms. The first-order chi connectivity index (χ1) is 28.2. The average Bonchev–Trinajstić information content (AvgIpc) is 3.55. The number of benzene rings is 2. The van der Waals surface area contributed by atoms with Crippen molar-refractivity contribution in [3.63, 3.8) is 0 Å². The van der Waals surface area contributed by atoms with E-state index in [9.17, 15) is 23.3 Å². The van der Waals surface area contributed by atoms with Crippen molar-refractivity contribution in [3.05, 3.63) is 106 Å². The molecule has 1 saturated carbocycles. The lowest BCUT2D eigenvalue weighted by molar-refractivity contribution is -0.384. The van der Waals surface area contributed by atoms with Crippen molar-refractivity contribution in [2.45, 2.75) is 80.8 Å². The van der Waals surface area contributed by atoms with Crippen LogP contribution in [-0.2, 0) is 14.8 Å². The number of ether oxygens (including phenoxy) is 2. The number of likely N-dealkylation sites (tertiary alicyclic amines) is 1. The number of nitro benzene ring substituents is 1. The number of carbonyl (C=O) groups is 1. The van der Waals surface area contributed by atoms with Crippen LogP contribution in [0.2, 0.25) is 0 Å². The highest BCUT2D eigenvalue weighted by Crippen LogP contribution is 2.41. The maximum atomic E-state index is 13.9. The van der Waals surface area contributed by atoms with E-state index in [2.05, 4.69) is 47.9 Å². The van der Waals surface area contributed by atoms with Gasteiger partial charge in [-0.05, 0) is 124 Å². The Balaban J connectivity index is 0.947. The zero-order valence-corrected chi connectivity index (χ0v) is 32.8.